The molecule has 1 saturated carbocycles. The fourth-order valence-corrected chi connectivity index (χ4v) is 2.24. The number of aryl methyl sites for hydroxylation is 1. The molecule has 0 atom stereocenters. The van der Waals surface area contributed by atoms with Crippen LogP contribution in [0.1, 0.15) is 18.4 Å². The minimum atomic E-state index is -0.353. The Morgan fingerprint density at radius 3 is 2.67 bits per heavy atom. The maximum Gasteiger partial charge on any atom is 0.230 e. The summed E-state index contributed by atoms with van der Waals surface area (Å²) < 4.78 is 18.9. The molecule has 1 amide bonds. The average Bonchev–Trinajstić information content (AvgIpc) is 2.26. The zero-order valence-corrected chi connectivity index (χ0v) is 10.9. The maximum absolute atomic E-state index is 13.8. The van der Waals surface area contributed by atoms with Crippen molar-refractivity contribution in [3.63, 3.8) is 0 Å². The third-order valence-electron chi connectivity index (χ3n) is 3.57. The summed E-state index contributed by atoms with van der Waals surface area (Å²) in [5, 5.41) is 0. The Labute approximate surface area is 107 Å². The standard InChI is InChI=1S/C14H18FNO2/c1-9-4-5-13(12(15)6-9)16(2)14(17)10-7-11(8-10)18-3/h4-6,10-11H,7-8H2,1-3H3. The van der Waals surface area contributed by atoms with Crippen molar-refractivity contribution in [1.82, 2.24) is 0 Å². The molecular formula is C14H18FNO2. The van der Waals surface area contributed by atoms with Crippen LogP contribution >= 0.6 is 0 Å². The lowest BCUT2D eigenvalue weighted by Gasteiger charge is -2.35. The molecule has 1 aliphatic carbocycles. The van der Waals surface area contributed by atoms with Crippen molar-refractivity contribution in [3.05, 3.63) is 29.6 Å². The first-order valence-electron chi connectivity index (χ1n) is 6.09. The van der Waals surface area contributed by atoms with E-state index in [1.165, 1.54) is 11.0 Å². The van der Waals surface area contributed by atoms with E-state index < -0.39 is 0 Å². The van der Waals surface area contributed by atoms with E-state index in [9.17, 15) is 9.18 Å². The van der Waals surface area contributed by atoms with Crippen molar-refractivity contribution in [1.29, 1.82) is 0 Å². The highest BCUT2D eigenvalue weighted by molar-refractivity contribution is 5.95. The largest absolute Gasteiger partial charge is 0.381 e. The van der Waals surface area contributed by atoms with Gasteiger partial charge in [-0.05, 0) is 37.5 Å². The van der Waals surface area contributed by atoms with E-state index in [1.807, 2.05) is 6.92 Å². The molecule has 0 spiro atoms. The van der Waals surface area contributed by atoms with Gasteiger partial charge in [-0.25, -0.2) is 4.39 Å². The van der Waals surface area contributed by atoms with Crippen LogP contribution in [0.15, 0.2) is 18.2 Å². The summed E-state index contributed by atoms with van der Waals surface area (Å²) in [6, 6.07) is 4.90. The number of ether oxygens (including phenoxy) is 1. The number of hydrogen-bond acceptors (Lipinski definition) is 2. The lowest BCUT2D eigenvalue weighted by Crippen LogP contribution is -2.43. The number of anilines is 1. The molecule has 1 aliphatic rings. The van der Waals surface area contributed by atoms with Gasteiger partial charge in [0.2, 0.25) is 5.91 Å². The van der Waals surface area contributed by atoms with Gasteiger partial charge in [0.1, 0.15) is 5.82 Å². The first kappa shape index (κ1) is 13.0. The second kappa shape index (κ2) is 5.06. The molecular weight excluding hydrogens is 233 g/mol. The van der Waals surface area contributed by atoms with Crippen molar-refractivity contribution in [2.24, 2.45) is 5.92 Å². The fraction of sp³-hybridized carbons (Fsp3) is 0.500. The van der Waals surface area contributed by atoms with E-state index in [4.69, 9.17) is 4.74 Å². The van der Waals surface area contributed by atoms with E-state index in [1.54, 1.807) is 26.3 Å². The van der Waals surface area contributed by atoms with E-state index in [-0.39, 0.29) is 23.7 Å². The van der Waals surface area contributed by atoms with Crippen LogP contribution in [-0.4, -0.2) is 26.2 Å². The molecule has 18 heavy (non-hydrogen) atoms. The van der Waals surface area contributed by atoms with Crippen LogP contribution in [0.2, 0.25) is 0 Å². The molecule has 4 heteroatoms. The summed E-state index contributed by atoms with van der Waals surface area (Å²) in [6.07, 6.45) is 1.63. The molecule has 3 nitrogen and oxygen atoms in total. The molecule has 2 rings (SSSR count). The van der Waals surface area contributed by atoms with E-state index in [0.29, 0.717) is 5.69 Å². The Bertz CT molecular complexity index is 455. The van der Waals surface area contributed by atoms with E-state index in [0.717, 1.165) is 18.4 Å². The molecule has 1 aromatic rings. The van der Waals surface area contributed by atoms with Gasteiger partial charge in [0.25, 0.3) is 0 Å². The zero-order valence-electron chi connectivity index (χ0n) is 10.9. The third kappa shape index (κ3) is 2.38. The number of rotatable bonds is 3. The number of carbonyl (C=O) groups is 1. The second-order valence-electron chi connectivity index (χ2n) is 4.88. The molecule has 98 valence electrons. The van der Waals surface area contributed by atoms with E-state index in [2.05, 4.69) is 0 Å². The number of amides is 1. The van der Waals surface area contributed by atoms with Gasteiger partial charge in [-0.2, -0.15) is 0 Å². The number of halogens is 1. The molecule has 0 bridgehead atoms. The second-order valence-corrected chi connectivity index (χ2v) is 4.88. The SMILES string of the molecule is COC1CC(C(=O)N(C)c2ccc(C)cc2F)C1. The van der Waals surface area contributed by atoms with Gasteiger partial charge in [0, 0.05) is 20.1 Å². The van der Waals surface area contributed by atoms with E-state index >= 15 is 0 Å². The van der Waals surface area contributed by atoms with Crippen LogP contribution in [0, 0.1) is 18.7 Å². The Hall–Kier alpha value is -1.42. The quantitative estimate of drug-likeness (QED) is 0.826. The van der Waals surface area contributed by atoms with Crippen molar-refractivity contribution in [3.8, 4) is 0 Å². The predicted octanol–water partition coefficient (Wildman–Crippen LogP) is 2.52. The van der Waals surface area contributed by atoms with Crippen LogP contribution in [0.5, 0.6) is 0 Å². The summed E-state index contributed by atoms with van der Waals surface area (Å²) in [5.74, 6) is -0.430. The number of hydrogen-bond donors (Lipinski definition) is 0. The van der Waals surface area contributed by atoms with Gasteiger partial charge in [0.15, 0.2) is 0 Å². The molecule has 0 saturated heterocycles. The van der Waals surface area contributed by atoms with Crippen LogP contribution in [-0.2, 0) is 9.53 Å². The average molecular weight is 251 g/mol. The summed E-state index contributed by atoms with van der Waals surface area (Å²) in [6.45, 7) is 1.82. The topological polar surface area (TPSA) is 29.5 Å². The van der Waals surface area contributed by atoms with Gasteiger partial charge < -0.3 is 9.64 Å². The summed E-state index contributed by atoms with van der Waals surface area (Å²) in [4.78, 5) is 13.5. The van der Waals surface area contributed by atoms with Crippen LogP contribution < -0.4 is 4.90 Å². The highest BCUT2D eigenvalue weighted by Crippen LogP contribution is 2.32. The lowest BCUT2D eigenvalue weighted by atomic mass is 9.81. The molecule has 1 fully saturated rings. The third-order valence-corrected chi connectivity index (χ3v) is 3.57. The molecule has 0 aromatic heterocycles. The fourth-order valence-electron chi connectivity index (χ4n) is 2.24. The molecule has 1 aromatic carbocycles. The Morgan fingerprint density at radius 1 is 1.44 bits per heavy atom. The monoisotopic (exact) mass is 251 g/mol. The van der Waals surface area contributed by atoms with Crippen molar-refractivity contribution in [2.75, 3.05) is 19.1 Å². The van der Waals surface area contributed by atoms with Crippen LogP contribution in [0.4, 0.5) is 10.1 Å². The number of carbonyl (C=O) groups excluding carboxylic acids is 1. The minimum Gasteiger partial charge on any atom is -0.381 e. The molecule has 0 radical (unpaired) electrons. The maximum atomic E-state index is 13.8. The first-order valence-corrected chi connectivity index (χ1v) is 6.09. The number of benzene rings is 1. The van der Waals surface area contributed by atoms with Crippen molar-refractivity contribution >= 4 is 11.6 Å². The van der Waals surface area contributed by atoms with Gasteiger partial charge in [-0.15, -0.1) is 0 Å². The Balaban J connectivity index is 2.07. The van der Waals surface area contributed by atoms with Crippen molar-refractivity contribution < 1.29 is 13.9 Å². The van der Waals surface area contributed by atoms with Gasteiger partial charge in [0.05, 0.1) is 11.8 Å². The number of methoxy groups -OCH3 is 1. The Morgan fingerprint density at radius 2 is 2.11 bits per heavy atom. The summed E-state index contributed by atoms with van der Waals surface area (Å²) in [7, 11) is 3.27. The minimum absolute atomic E-state index is 0.0361. The normalized spacial score (nSPS) is 22.4. The summed E-state index contributed by atoms with van der Waals surface area (Å²) >= 11 is 0. The molecule has 0 aliphatic heterocycles. The Kier molecular flexibility index (Phi) is 3.66. The highest BCUT2D eigenvalue weighted by Gasteiger charge is 2.36. The van der Waals surface area contributed by atoms with Gasteiger partial charge in [-0.3, -0.25) is 4.79 Å². The first-order chi connectivity index (χ1) is 8.52. The molecule has 0 N–H and O–H groups in total. The van der Waals surface area contributed by atoms with Gasteiger partial charge >= 0.3 is 0 Å². The molecule has 0 heterocycles. The van der Waals surface area contributed by atoms with Crippen molar-refractivity contribution in [2.45, 2.75) is 25.9 Å². The smallest absolute Gasteiger partial charge is 0.230 e. The number of nitrogens with zero attached hydrogens (tertiary/aromatic N) is 1. The lowest BCUT2D eigenvalue weighted by molar-refractivity contribution is -0.129. The summed E-state index contributed by atoms with van der Waals surface area (Å²) in [5.41, 5.74) is 1.19. The van der Waals surface area contributed by atoms with Gasteiger partial charge in [-0.1, -0.05) is 6.07 Å². The highest BCUT2D eigenvalue weighted by atomic mass is 19.1. The van der Waals surface area contributed by atoms with Crippen LogP contribution in [0.25, 0.3) is 0 Å². The molecule has 0 unspecified atom stereocenters. The zero-order chi connectivity index (χ0) is 13.3. The predicted molar refractivity (Wildman–Crippen MR) is 68.1 cm³/mol. The van der Waals surface area contributed by atoms with Crippen LogP contribution in [0.3, 0.4) is 0 Å².